The number of ether oxygens (including phenoxy) is 1. The Hall–Kier alpha value is -1.89. The van der Waals surface area contributed by atoms with E-state index < -0.39 is 0 Å². The molecular formula is C23H30ClN3O3. The maximum absolute atomic E-state index is 13.0. The SMILES string of the molecule is C/C=C/CN1CC(c2ccc(C(=O)N3CCOCC3)c(Cl)c2)C2CC(C)NC2C1=O. The Morgan fingerprint density at radius 2 is 2.10 bits per heavy atom. The molecule has 3 heterocycles. The summed E-state index contributed by atoms with van der Waals surface area (Å²) in [5.74, 6) is 0.577. The van der Waals surface area contributed by atoms with Gasteiger partial charge in [-0.3, -0.25) is 9.59 Å². The number of nitrogens with zero attached hydrogens (tertiary/aromatic N) is 2. The first kappa shape index (κ1) is 21.3. The molecule has 6 nitrogen and oxygen atoms in total. The molecule has 0 spiro atoms. The van der Waals surface area contributed by atoms with E-state index in [0.29, 0.717) is 56.0 Å². The fourth-order valence-electron chi connectivity index (χ4n) is 4.97. The highest BCUT2D eigenvalue weighted by Crippen LogP contribution is 2.40. The van der Waals surface area contributed by atoms with Gasteiger partial charge in [0.2, 0.25) is 5.91 Å². The first-order valence-corrected chi connectivity index (χ1v) is 11.2. The molecular weight excluding hydrogens is 402 g/mol. The third-order valence-electron chi connectivity index (χ3n) is 6.54. The predicted octanol–water partition coefficient (Wildman–Crippen LogP) is 2.68. The van der Waals surface area contributed by atoms with Crippen LogP contribution in [0.1, 0.15) is 42.1 Å². The molecule has 162 valence electrons. The van der Waals surface area contributed by atoms with Gasteiger partial charge in [0.05, 0.1) is 29.8 Å². The lowest BCUT2D eigenvalue weighted by atomic mass is 9.77. The van der Waals surface area contributed by atoms with Crippen LogP contribution < -0.4 is 5.32 Å². The van der Waals surface area contributed by atoms with Crippen molar-refractivity contribution in [1.82, 2.24) is 15.1 Å². The maximum atomic E-state index is 13.0. The van der Waals surface area contributed by atoms with Gasteiger partial charge in [-0.05, 0) is 43.9 Å². The van der Waals surface area contributed by atoms with E-state index in [9.17, 15) is 9.59 Å². The molecule has 0 aromatic heterocycles. The number of hydrogen-bond donors (Lipinski definition) is 1. The van der Waals surface area contributed by atoms with E-state index in [4.69, 9.17) is 16.3 Å². The van der Waals surface area contributed by atoms with Gasteiger partial charge in [-0.2, -0.15) is 0 Å². The van der Waals surface area contributed by atoms with Crippen molar-refractivity contribution in [3.05, 3.63) is 46.5 Å². The Kier molecular flexibility index (Phi) is 6.46. The summed E-state index contributed by atoms with van der Waals surface area (Å²) in [5, 5.41) is 3.96. The zero-order valence-electron chi connectivity index (χ0n) is 17.6. The van der Waals surface area contributed by atoms with Crippen LogP contribution in [0.4, 0.5) is 0 Å². The Labute approximate surface area is 183 Å². The van der Waals surface area contributed by atoms with Gasteiger partial charge in [0.25, 0.3) is 5.91 Å². The van der Waals surface area contributed by atoms with Crippen LogP contribution in [0.15, 0.2) is 30.4 Å². The number of carbonyl (C=O) groups is 2. The standard InChI is InChI=1S/C23H30ClN3O3/c1-3-4-7-27-14-19(18-12-15(2)25-21(18)23(27)29)16-5-6-17(20(24)13-16)22(28)26-8-10-30-11-9-26/h3-6,13,15,18-19,21,25H,7-12,14H2,1-2H3/b4-3+. The summed E-state index contributed by atoms with van der Waals surface area (Å²) in [4.78, 5) is 29.5. The normalized spacial score (nSPS) is 29.5. The maximum Gasteiger partial charge on any atom is 0.255 e. The highest BCUT2D eigenvalue weighted by molar-refractivity contribution is 6.33. The third-order valence-corrected chi connectivity index (χ3v) is 6.85. The number of morpholine rings is 1. The molecule has 4 rings (SSSR count). The van der Waals surface area contributed by atoms with Crippen LogP contribution in [0, 0.1) is 5.92 Å². The van der Waals surface area contributed by atoms with E-state index in [-0.39, 0.29) is 29.7 Å². The Morgan fingerprint density at radius 1 is 1.33 bits per heavy atom. The van der Waals surface area contributed by atoms with Crippen LogP contribution >= 0.6 is 11.6 Å². The summed E-state index contributed by atoms with van der Waals surface area (Å²) in [6.45, 7) is 7.70. The quantitative estimate of drug-likeness (QED) is 0.744. The second-order valence-corrected chi connectivity index (χ2v) is 8.91. The van der Waals surface area contributed by atoms with E-state index >= 15 is 0 Å². The minimum Gasteiger partial charge on any atom is -0.378 e. The van der Waals surface area contributed by atoms with Crippen LogP contribution in [-0.2, 0) is 9.53 Å². The van der Waals surface area contributed by atoms with E-state index in [2.05, 4.69) is 12.2 Å². The molecule has 2 amide bonds. The molecule has 4 unspecified atom stereocenters. The number of fused-ring (bicyclic) bond motifs is 1. The van der Waals surface area contributed by atoms with Gasteiger partial charge in [0, 0.05) is 38.1 Å². The summed E-state index contributed by atoms with van der Waals surface area (Å²) in [7, 11) is 0. The number of piperidine rings is 1. The fraction of sp³-hybridized carbons (Fsp3) is 0.565. The number of nitrogens with one attached hydrogen (secondary N) is 1. The van der Waals surface area contributed by atoms with Gasteiger partial charge >= 0.3 is 0 Å². The molecule has 1 N–H and O–H groups in total. The second kappa shape index (κ2) is 9.08. The minimum absolute atomic E-state index is 0.0441. The van der Waals surface area contributed by atoms with E-state index in [0.717, 1.165) is 12.0 Å². The molecule has 3 aliphatic rings. The zero-order valence-corrected chi connectivity index (χ0v) is 18.4. The van der Waals surface area contributed by atoms with E-state index in [1.54, 1.807) is 4.90 Å². The molecule has 3 fully saturated rings. The van der Waals surface area contributed by atoms with Crippen molar-refractivity contribution in [2.45, 2.75) is 38.3 Å². The third kappa shape index (κ3) is 4.13. The average Bonchev–Trinajstić information content (AvgIpc) is 3.15. The average molecular weight is 432 g/mol. The Bertz CT molecular complexity index is 837. The first-order valence-electron chi connectivity index (χ1n) is 10.8. The molecule has 3 aliphatic heterocycles. The van der Waals surface area contributed by atoms with Gasteiger partial charge in [-0.15, -0.1) is 0 Å². The molecule has 1 aromatic rings. The summed E-state index contributed by atoms with van der Waals surface area (Å²) >= 11 is 6.60. The predicted molar refractivity (Wildman–Crippen MR) is 117 cm³/mol. The molecule has 0 saturated carbocycles. The number of allylic oxidation sites excluding steroid dienone is 1. The zero-order chi connectivity index (χ0) is 21.3. The van der Waals surface area contributed by atoms with Crippen LogP contribution in [-0.4, -0.2) is 73.1 Å². The van der Waals surface area contributed by atoms with Crippen LogP contribution in [0.3, 0.4) is 0 Å². The lowest BCUT2D eigenvalue weighted by Gasteiger charge is -2.40. The number of likely N-dealkylation sites (tertiary alicyclic amines) is 1. The number of hydrogen-bond acceptors (Lipinski definition) is 4. The number of rotatable bonds is 4. The van der Waals surface area contributed by atoms with Crippen LogP contribution in [0.5, 0.6) is 0 Å². The van der Waals surface area contributed by atoms with Crippen LogP contribution in [0.25, 0.3) is 0 Å². The highest BCUT2D eigenvalue weighted by atomic mass is 35.5. The summed E-state index contributed by atoms with van der Waals surface area (Å²) < 4.78 is 5.34. The van der Waals surface area contributed by atoms with Crippen molar-refractivity contribution in [2.75, 3.05) is 39.4 Å². The van der Waals surface area contributed by atoms with Crippen molar-refractivity contribution in [3.63, 3.8) is 0 Å². The van der Waals surface area contributed by atoms with Gasteiger partial charge < -0.3 is 19.9 Å². The molecule has 7 heteroatoms. The van der Waals surface area contributed by atoms with E-state index in [1.807, 2.05) is 42.2 Å². The van der Waals surface area contributed by atoms with Gasteiger partial charge in [0.15, 0.2) is 0 Å². The summed E-state index contributed by atoms with van der Waals surface area (Å²) in [5.41, 5.74) is 1.64. The Morgan fingerprint density at radius 3 is 2.80 bits per heavy atom. The summed E-state index contributed by atoms with van der Waals surface area (Å²) in [6, 6.07) is 5.96. The fourth-order valence-corrected chi connectivity index (χ4v) is 5.24. The summed E-state index contributed by atoms with van der Waals surface area (Å²) in [6.07, 6.45) is 4.96. The first-order chi connectivity index (χ1) is 14.5. The topological polar surface area (TPSA) is 61.9 Å². The lowest BCUT2D eigenvalue weighted by Crippen LogP contribution is -2.54. The molecule has 0 bridgehead atoms. The van der Waals surface area contributed by atoms with Gasteiger partial charge in [-0.1, -0.05) is 29.8 Å². The molecule has 3 saturated heterocycles. The van der Waals surface area contributed by atoms with Crippen molar-refractivity contribution in [2.24, 2.45) is 5.92 Å². The monoisotopic (exact) mass is 431 g/mol. The van der Waals surface area contributed by atoms with Crippen molar-refractivity contribution in [3.8, 4) is 0 Å². The number of benzene rings is 1. The highest BCUT2D eigenvalue weighted by Gasteiger charge is 2.47. The van der Waals surface area contributed by atoms with Gasteiger partial charge in [-0.25, -0.2) is 0 Å². The number of carbonyl (C=O) groups excluding carboxylic acids is 2. The van der Waals surface area contributed by atoms with E-state index in [1.165, 1.54) is 0 Å². The van der Waals surface area contributed by atoms with Crippen LogP contribution in [0.2, 0.25) is 5.02 Å². The number of halogens is 1. The Balaban J connectivity index is 1.59. The molecule has 0 aliphatic carbocycles. The largest absolute Gasteiger partial charge is 0.378 e. The smallest absolute Gasteiger partial charge is 0.255 e. The molecule has 1 aromatic carbocycles. The van der Waals surface area contributed by atoms with Crippen molar-refractivity contribution >= 4 is 23.4 Å². The number of amides is 2. The van der Waals surface area contributed by atoms with Gasteiger partial charge in [0.1, 0.15) is 0 Å². The minimum atomic E-state index is -0.155. The lowest BCUT2D eigenvalue weighted by molar-refractivity contribution is -0.137. The van der Waals surface area contributed by atoms with Crippen molar-refractivity contribution < 1.29 is 14.3 Å². The molecule has 4 atom stereocenters. The second-order valence-electron chi connectivity index (χ2n) is 8.51. The molecule has 30 heavy (non-hydrogen) atoms. The molecule has 0 radical (unpaired) electrons. The van der Waals surface area contributed by atoms with Crippen molar-refractivity contribution in [1.29, 1.82) is 0 Å².